The van der Waals surface area contributed by atoms with E-state index in [0.29, 0.717) is 6.04 Å². The molecule has 0 aromatic heterocycles. The van der Waals surface area contributed by atoms with Gasteiger partial charge in [0.2, 0.25) is 0 Å². The van der Waals surface area contributed by atoms with Gasteiger partial charge in [-0.25, -0.2) is 0 Å². The Bertz CT molecular complexity index is 196. The normalized spacial score (nSPS) is 24.8. The minimum absolute atomic E-state index is 0.649. The standard InChI is InChI=1S/C16H32ClN/c1-3-4-5-6-7-8-9-10-12-18-13-11-15(2)16(18)14-17/h15-16H,3-14H2,1-2H3. The first-order chi connectivity index (χ1) is 8.79. The van der Waals surface area contributed by atoms with E-state index in [1.807, 2.05) is 0 Å². The van der Waals surface area contributed by atoms with Crippen LogP contribution in [-0.4, -0.2) is 29.9 Å². The maximum absolute atomic E-state index is 6.07. The molecule has 0 aliphatic carbocycles. The molecule has 0 N–H and O–H groups in total. The molecule has 2 heteroatoms. The molecule has 0 radical (unpaired) electrons. The highest BCUT2D eigenvalue weighted by molar-refractivity contribution is 6.18. The third-order valence-electron chi connectivity index (χ3n) is 4.45. The Hall–Kier alpha value is 0.250. The number of hydrogen-bond donors (Lipinski definition) is 0. The molecule has 1 aliphatic heterocycles. The number of likely N-dealkylation sites (tertiary alicyclic amines) is 1. The Labute approximate surface area is 119 Å². The zero-order valence-electron chi connectivity index (χ0n) is 12.5. The summed E-state index contributed by atoms with van der Waals surface area (Å²) < 4.78 is 0. The smallest absolute Gasteiger partial charge is 0.0382 e. The summed E-state index contributed by atoms with van der Waals surface area (Å²) in [6.45, 7) is 7.18. The lowest BCUT2D eigenvalue weighted by Crippen LogP contribution is -2.34. The summed E-state index contributed by atoms with van der Waals surface area (Å²) >= 11 is 6.07. The molecule has 2 unspecified atom stereocenters. The van der Waals surface area contributed by atoms with E-state index in [9.17, 15) is 0 Å². The zero-order chi connectivity index (χ0) is 13.2. The van der Waals surface area contributed by atoms with Gasteiger partial charge in [0, 0.05) is 11.9 Å². The van der Waals surface area contributed by atoms with Gasteiger partial charge in [0.1, 0.15) is 0 Å². The summed E-state index contributed by atoms with van der Waals surface area (Å²) in [5.41, 5.74) is 0. The van der Waals surface area contributed by atoms with Gasteiger partial charge in [-0.05, 0) is 31.8 Å². The molecule has 18 heavy (non-hydrogen) atoms. The Morgan fingerprint density at radius 2 is 1.61 bits per heavy atom. The van der Waals surface area contributed by atoms with Crippen LogP contribution in [-0.2, 0) is 0 Å². The lowest BCUT2D eigenvalue weighted by atomic mass is 10.0. The van der Waals surface area contributed by atoms with Gasteiger partial charge in [0.25, 0.3) is 0 Å². The van der Waals surface area contributed by atoms with Crippen LogP contribution in [0.1, 0.15) is 71.6 Å². The van der Waals surface area contributed by atoms with Crippen LogP contribution in [0, 0.1) is 5.92 Å². The van der Waals surface area contributed by atoms with E-state index in [2.05, 4.69) is 18.7 Å². The summed E-state index contributed by atoms with van der Waals surface area (Å²) in [4.78, 5) is 2.62. The van der Waals surface area contributed by atoms with Crippen LogP contribution < -0.4 is 0 Å². The molecule has 1 fully saturated rings. The fraction of sp³-hybridized carbons (Fsp3) is 1.00. The quantitative estimate of drug-likeness (QED) is 0.396. The second-order valence-electron chi connectivity index (χ2n) is 6.00. The van der Waals surface area contributed by atoms with Crippen molar-refractivity contribution in [3.8, 4) is 0 Å². The van der Waals surface area contributed by atoms with Gasteiger partial charge in [-0.15, -0.1) is 11.6 Å². The number of nitrogens with zero attached hydrogens (tertiary/aromatic N) is 1. The maximum Gasteiger partial charge on any atom is 0.0382 e. The predicted molar refractivity (Wildman–Crippen MR) is 82.5 cm³/mol. The zero-order valence-corrected chi connectivity index (χ0v) is 13.2. The van der Waals surface area contributed by atoms with Crippen molar-refractivity contribution < 1.29 is 0 Å². The summed E-state index contributed by atoms with van der Waals surface area (Å²) in [6.07, 6.45) is 12.6. The number of hydrogen-bond acceptors (Lipinski definition) is 1. The highest BCUT2D eigenvalue weighted by Gasteiger charge is 2.29. The molecule has 1 heterocycles. The Kier molecular flexibility index (Phi) is 9.14. The van der Waals surface area contributed by atoms with Crippen molar-refractivity contribution in [2.24, 2.45) is 5.92 Å². The number of halogens is 1. The molecule has 1 rings (SSSR count). The van der Waals surface area contributed by atoms with Gasteiger partial charge >= 0.3 is 0 Å². The average molecular weight is 274 g/mol. The van der Waals surface area contributed by atoms with E-state index in [4.69, 9.17) is 11.6 Å². The third-order valence-corrected chi connectivity index (χ3v) is 4.77. The fourth-order valence-corrected chi connectivity index (χ4v) is 3.56. The summed E-state index contributed by atoms with van der Waals surface area (Å²) in [6, 6.07) is 0.649. The number of rotatable bonds is 10. The lowest BCUT2D eigenvalue weighted by Gasteiger charge is -2.24. The van der Waals surface area contributed by atoms with E-state index in [1.54, 1.807) is 0 Å². The first kappa shape index (κ1) is 16.3. The Morgan fingerprint density at radius 1 is 1.00 bits per heavy atom. The van der Waals surface area contributed by atoms with Crippen molar-refractivity contribution in [3.05, 3.63) is 0 Å². The second-order valence-corrected chi connectivity index (χ2v) is 6.31. The molecule has 108 valence electrons. The van der Waals surface area contributed by atoms with Gasteiger partial charge in [-0.1, -0.05) is 58.8 Å². The fourth-order valence-electron chi connectivity index (χ4n) is 3.06. The van der Waals surface area contributed by atoms with E-state index in [-0.39, 0.29) is 0 Å². The summed E-state index contributed by atoms with van der Waals surface area (Å²) in [7, 11) is 0. The van der Waals surface area contributed by atoms with Gasteiger partial charge in [0.15, 0.2) is 0 Å². The first-order valence-electron chi connectivity index (χ1n) is 8.09. The molecule has 2 atom stereocenters. The summed E-state index contributed by atoms with van der Waals surface area (Å²) in [5, 5.41) is 0. The molecule has 0 amide bonds. The molecule has 1 saturated heterocycles. The average Bonchev–Trinajstić information content (AvgIpc) is 2.73. The maximum atomic E-state index is 6.07. The molecule has 1 aliphatic rings. The van der Waals surface area contributed by atoms with Gasteiger partial charge < -0.3 is 0 Å². The Balaban J connectivity index is 1.94. The van der Waals surface area contributed by atoms with Crippen LogP contribution in [0.25, 0.3) is 0 Å². The monoisotopic (exact) mass is 273 g/mol. The van der Waals surface area contributed by atoms with Crippen LogP contribution in [0.2, 0.25) is 0 Å². The molecule has 0 aromatic rings. The van der Waals surface area contributed by atoms with Crippen LogP contribution in [0.4, 0.5) is 0 Å². The number of alkyl halides is 1. The molecule has 1 nitrogen and oxygen atoms in total. The summed E-state index contributed by atoms with van der Waals surface area (Å²) in [5.74, 6) is 1.62. The van der Waals surface area contributed by atoms with Crippen molar-refractivity contribution in [3.63, 3.8) is 0 Å². The van der Waals surface area contributed by atoms with E-state index >= 15 is 0 Å². The van der Waals surface area contributed by atoms with Crippen molar-refractivity contribution in [2.75, 3.05) is 19.0 Å². The molecular weight excluding hydrogens is 242 g/mol. The minimum atomic E-state index is 0.649. The van der Waals surface area contributed by atoms with Crippen molar-refractivity contribution >= 4 is 11.6 Å². The predicted octanol–water partition coefficient (Wildman–Crippen LogP) is 5.08. The molecule has 0 saturated carbocycles. The van der Waals surface area contributed by atoms with E-state index in [1.165, 1.54) is 70.9 Å². The van der Waals surface area contributed by atoms with Crippen LogP contribution >= 0.6 is 11.6 Å². The number of unbranched alkanes of at least 4 members (excludes halogenated alkanes) is 7. The van der Waals surface area contributed by atoms with E-state index < -0.39 is 0 Å². The largest absolute Gasteiger partial charge is 0.299 e. The van der Waals surface area contributed by atoms with Gasteiger partial charge in [-0.3, -0.25) is 4.90 Å². The second kappa shape index (κ2) is 10.1. The SMILES string of the molecule is CCCCCCCCCCN1CCC(C)C1CCl. The van der Waals surface area contributed by atoms with Gasteiger partial charge in [-0.2, -0.15) is 0 Å². The lowest BCUT2D eigenvalue weighted by molar-refractivity contribution is 0.244. The highest BCUT2D eigenvalue weighted by atomic mass is 35.5. The van der Waals surface area contributed by atoms with Crippen LogP contribution in [0.3, 0.4) is 0 Å². The van der Waals surface area contributed by atoms with Crippen molar-refractivity contribution in [1.29, 1.82) is 0 Å². The molecule has 0 spiro atoms. The van der Waals surface area contributed by atoms with Crippen molar-refractivity contribution in [2.45, 2.75) is 77.7 Å². The van der Waals surface area contributed by atoms with Crippen LogP contribution in [0.5, 0.6) is 0 Å². The Morgan fingerprint density at radius 3 is 2.22 bits per heavy atom. The topological polar surface area (TPSA) is 3.24 Å². The minimum Gasteiger partial charge on any atom is -0.299 e. The first-order valence-corrected chi connectivity index (χ1v) is 8.63. The molecule has 0 aromatic carbocycles. The van der Waals surface area contributed by atoms with E-state index in [0.717, 1.165) is 11.8 Å². The molecule has 0 bridgehead atoms. The molecular formula is C16H32ClN. The highest BCUT2D eigenvalue weighted by Crippen LogP contribution is 2.25. The van der Waals surface area contributed by atoms with Gasteiger partial charge in [0.05, 0.1) is 0 Å². The van der Waals surface area contributed by atoms with Crippen LogP contribution in [0.15, 0.2) is 0 Å². The van der Waals surface area contributed by atoms with Crippen molar-refractivity contribution in [1.82, 2.24) is 4.90 Å². The third kappa shape index (κ3) is 5.93.